The maximum atomic E-state index is 6.31. The van der Waals surface area contributed by atoms with E-state index in [1.807, 2.05) is 0 Å². The highest BCUT2D eigenvalue weighted by atomic mass is 16.3. The van der Waals surface area contributed by atoms with Gasteiger partial charge in [-0.25, -0.2) is 0 Å². The highest BCUT2D eigenvalue weighted by Gasteiger charge is 2.18. The fourth-order valence-electron chi connectivity index (χ4n) is 4.76. The van der Waals surface area contributed by atoms with Gasteiger partial charge in [0.15, 0.2) is 0 Å². The number of aryl methyl sites for hydroxylation is 4. The number of hydrogen-bond donors (Lipinski definition) is 0. The first-order valence-corrected chi connectivity index (χ1v) is 11.0. The van der Waals surface area contributed by atoms with E-state index in [1.54, 1.807) is 0 Å². The van der Waals surface area contributed by atoms with Gasteiger partial charge in [-0.3, -0.25) is 0 Å². The van der Waals surface area contributed by atoms with Crippen molar-refractivity contribution in [1.29, 1.82) is 0 Å². The summed E-state index contributed by atoms with van der Waals surface area (Å²) in [5.74, 6) is 1.80. The molecule has 2 heterocycles. The first-order valence-electron chi connectivity index (χ1n) is 11.0. The maximum Gasteiger partial charge on any atom is 0.135 e. The summed E-state index contributed by atoms with van der Waals surface area (Å²) in [6.45, 7) is 8.52. The van der Waals surface area contributed by atoms with Crippen molar-refractivity contribution in [3.05, 3.63) is 95.1 Å². The van der Waals surface area contributed by atoms with Crippen LogP contribution >= 0.6 is 0 Å². The van der Waals surface area contributed by atoms with Crippen molar-refractivity contribution in [3.63, 3.8) is 0 Å². The Kier molecular flexibility index (Phi) is 4.06. The van der Waals surface area contributed by atoms with Crippen LogP contribution in [0.15, 0.2) is 81.6 Å². The maximum absolute atomic E-state index is 6.31. The summed E-state index contributed by atoms with van der Waals surface area (Å²) < 4.78 is 12.6. The van der Waals surface area contributed by atoms with Gasteiger partial charge in [0.05, 0.1) is 0 Å². The molecule has 156 valence electrons. The molecule has 4 aromatic carbocycles. The Morgan fingerprint density at radius 3 is 1.22 bits per heavy atom. The van der Waals surface area contributed by atoms with Gasteiger partial charge in [0.1, 0.15) is 22.7 Å². The van der Waals surface area contributed by atoms with Gasteiger partial charge in [-0.05, 0) is 73.9 Å². The number of benzene rings is 4. The summed E-state index contributed by atoms with van der Waals surface area (Å²) in [6.07, 6.45) is 0. The van der Waals surface area contributed by atoms with Gasteiger partial charge < -0.3 is 8.83 Å². The SMILES string of the molecule is Cc1ccc(-c2cc3c(cc(C)c4c5cc(-c6ccc(C)cc6)oc5cc(C)c34)o2)cc1. The largest absolute Gasteiger partial charge is 0.456 e. The minimum absolute atomic E-state index is 0.902. The zero-order valence-electron chi connectivity index (χ0n) is 18.7. The zero-order chi connectivity index (χ0) is 22.0. The quantitative estimate of drug-likeness (QED) is 0.282. The van der Waals surface area contributed by atoms with Crippen LogP contribution in [0.25, 0.3) is 55.4 Å². The third-order valence-electron chi connectivity index (χ3n) is 6.47. The molecule has 0 aliphatic heterocycles. The predicted molar refractivity (Wildman–Crippen MR) is 133 cm³/mol. The van der Waals surface area contributed by atoms with Gasteiger partial charge >= 0.3 is 0 Å². The second kappa shape index (κ2) is 6.86. The van der Waals surface area contributed by atoms with Crippen molar-refractivity contribution in [1.82, 2.24) is 0 Å². The summed E-state index contributed by atoms with van der Waals surface area (Å²) in [5, 5.41) is 4.79. The van der Waals surface area contributed by atoms with Crippen molar-refractivity contribution in [2.45, 2.75) is 27.7 Å². The first-order chi connectivity index (χ1) is 15.5. The van der Waals surface area contributed by atoms with Crippen molar-refractivity contribution >= 4 is 32.7 Å². The molecule has 0 saturated carbocycles. The molecule has 6 rings (SSSR count). The van der Waals surface area contributed by atoms with Crippen LogP contribution in [0, 0.1) is 27.7 Å². The molecule has 32 heavy (non-hydrogen) atoms. The molecule has 6 aromatic rings. The number of rotatable bonds is 2. The second-order valence-electron chi connectivity index (χ2n) is 8.91. The average molecular weight is 417 g/mol. The summed E-state index contributed by atoms with van der Waals surface area (Å²) in [6, 6.07) is 25.7. The van der Waals surface area contributed by atoms with E-state index in [4.69, 9.17) is 8.83 Å². The molecule has 0 radical (unpaired) electrons. The lowest BCUT2D eigenvalue weighted by Gasteiger charge is -2.08. The molecule has 2 nitrogen and oxygen atoms in total. The Balaban J connectivity index is 1.62. The third-order valence-corrected chi connectivity index (χ3v) is 6.47. The highest BCUT2D eigenvalue weighted by molar-refractivity contribution is 6.19. The van der Waals surface area contributed by atoms with E-state index in [0.29, 0.717) is 0 Å². The van der Waals surface area contributed by atoms with E-state index in [2.05, 4.69) is 100 Å². The topological polar surface area (TPSA) is 26.3 Å². The summed E-state index contributed by atoms with van der Waals surface area (Å²) >= 11 is 0. The lowest BCUT2D eigenvalue weighted by atomic mass is 9.95. The number of furan rings is 2. The summed E-state index contributed by atoms with van der Waals surface area (Å²) in [5.41, 5.74) is 8.93. The van der Waals surface area contributed by atoms with Crippen LogP contribution in [0.1, 0.15) is 22.3 Å². The molecule has 0 aliphatic rings. The normalized spacial score (nSPS) is 11.8. The summed E-state index contributed by atoms with van der Waals surface area (Å²) in [4.78, 5) is 0. The minimum Gasteiger partial charge on any atom is -0.456 e. The van der Waals surface area contributed by atoms with Crippen molar-refractivity contribution in [3.8, 4) is 22.6 Å². The van der Waals surface area contributed by atoms with Gasteiger partial charge in [-0.15, -0.1) is 0 Å². The molecule has 0 spiro atoms. The predicted octanol–water partition coefficient (Wildman–Crippen LogP) is 8.90. The van der Waals surface area contributed by atoms with Gasteiger partial charge in [-0.2, -0.15) is 0 Å². The van der Waals surface area contributed by atoms with Gasteiger partial charge in [0.25, 0.3) is 0 Å². The molecular weight excluding hydrogens is 392 g/mol. The fraction of sp³-hybridized carbons (Fsp3) is 0.133. The van der Waals surface area contributed by atoms with Crippen LogP contribution in [0.5, 0.6) is 0 Å². The highest BCUT2D eigenvalue weighted by Crippen LogP contribution is 2.41. The number of hydrogen-bond acceptors (Lipinski definition) is 2. The molecule has 0 unspecified atom stereocenters. The van der Waals surface area contributed by atoms with Crippen LogP contribution in [0.2, 0.25) is 0 Å². The molecule has 0 N–H and O–H groups in total. The molecular formula is C30H24O2. The molecule has 2 aromatic heterocycles. The van der Waals surface area contributed by atoms with Crippen molar-refractivity contribution in [2.75, 3.05) is 0 Å². The fourth-order valence-corrected chi connectivity index (χ4v) is 4.76. The average Bonchev–Trinajstić information content (AvgIpc) is 3.38. The van der Waals surface area contributed by atoms with E-state index >= 15 is 0 Å². The van der Waals surface area contributed by atoms with Gasteiger partial charge in [0.2, 0.25) is 0 Å². The van der Waals surface area contributed by atoms with E-state index < -0.39 is 0 Å². The van der Waals surface area contributed by atoms with Gasteiger partial charge in [0, 0.05) is 21.9 Å². The monoisotopic (exact) mass is 416 g/mol. The Hall–Kier alpha value is -3.78. The van der Waals surface area contributed by atoms with Crippen LogP contribution in [-0.4, -0.2) is 0 Å². The van der Waals surface area contributed by atoms with Gasteiger partial charge in [-0.1, -0.05) is 59.7 Å². The molecule has 0 amide bonds. The third kappa shape index (κ3) is 2.87. The number of fused-ring (bicyclic) bond motifs is 5. The van der Waals surface area contributed by atoms with Crippen LogP contribution in [-0.2, 0) is 0 Å². The Labute approximate surface area is 187 Å². The molecule has 0 bridgehead atoms. The van der Waals surface area contributed by atoms with Crippen molar-refractivity contribution < 1.29 is 8.83 Å². The smallest absolute Gasteiger partial charge is 0.135 e. The van der Waals surface area contributed by atoms with E-state index in [9.17, 15) is 0 Å². The molecule has 0 aliphatic carbocycles. The Morgan fingerprint density at radius 1 is 0.469 bits per heavy atom. The second-order valence-corrected chi connectivity index (χ2v) is 8.91. The zero-order valence-corrected chi connectivity index (χ0v) is 18.7. The van der Waals surface area contributed by atoms with Crippen LogP contribution in [0.4, 0.5) is 0 Å². The Bertz CT molecular complexity index is 1500. The molecule has 0 atom stereocenters. The standard InChI is InChI=1S/C30H24O2/c1-17-5-9-21(10-6-17)25-15-23-27(31-25)13-19(3)30-24-16-26(22-11-7-18(2)8-12-22)32-28(24)14-20(4)29(23)30/h5-16H,1-4H3. The summed E-state index contributed by atoms with van der Waals surface area (Å²) in [7, 11) is 0. The lowest BCUT2D eigenvalue weighted by Crippen LogP contribution is -1.85. The van der Waals surface area contributed by atoms with Crippen LogP contribution in [0.3, 0.4) is 0 Å². The van der Waals surface area contributed by atoms with E-state index in [0.717, 1.165) is 44.6 Å². The lowest BCUT2D eigenvalue weighted by molar-refractivity contribution is 0.630. The molecule has 0 fully saturated rings. The molecule has 2 heteroatoms. The Morgan fingerprint density at radius 2 is 0.844 bits per heavy atom. The van der Waals surface area contributed by atoms with E-state index in [-0.39, 0.29) is 0 Å². The van der Waals surface area contributed by atoms with E-state index in [1.165, 1.54) is 33.0 Å². The van der Waals surface area contributed by atoms with Crippen molar-refractivity contribution in [2.24, 2.45) is 0 Å². The van der Waals surface area contributed by atoms with Crippen LogP contribution < -0.4 is 0 Å². The minimum atomic E-state index is 0.902. The molecule has 0 saturated heterocycles. The first kappa shape index (κ1) is 18.9.